The van der Waals surface area contributed by atoms with Crippen molar-refractivity contribution in [2.45, 2.75) is 19.4 Å². The zero-order valence-corrected chi connectivity index (χ0v) is 11.4. The van der Waals surface area contributed by atoms with Crippen LogP contribution in [0.15, 0.2) is 12.1 Å². The van der Waals surface area contributed by atoms with Gasteiger partial charge in [0, 0.05) is 6.07 Å². The first-order valence-corrected chi connectivity index (χ1v) is 5.73. The van der Waals surface area contributed by atoms with Crippen LogP contribution in [0.1, 0.15) is 19.4 Å². The number of rotatable bonds is 3. The van der Waals surface area contributed by atoms with Gasteiger partial charge in [-0.05, 0) is 26.0 Å². The molecule has 0 spiro atoms. The van der Waals surface area contributed by atoms with E-state index in [0.717, 1.165) is 11.3 Å². The number of methoxy groups -OCH3 is 3. The Balaban J connectivity index is 2.64. The predicted octanol–water partition coefficient (Wildman–Crippen LogP) is 2.90. The van der Waals surface area contributed by atoms with Crippen molar-refractivity contribution in [3.63, 3.8) is 0 Å². The third kappa shape index (κ3) is 1.98. The predicted molar refractivity (Wildman–Crippen MR) is 69.8 cm³/mol. The topological polar surface area (TPSA) is 36.9 Å². The fraction of sp³-hybridized carbons (Fsp3) is 0.429. The first kappa shape index (κ1) is 12.6. The molecule has 18 heavy (non-hydrogen) atoms. The van der Waals surface area contributed by atoms with Crippen molar-refractivity contribution in [1.82, 2.24) is 0 Å². The van der Waals surface area contributed by atoms with Crippen LogP contribution in [0.4, 0.5) is 0 Å². The minimum Gasteiger partial charge on any atom is -0.493 e. The Morgan fingerprint density at radius 2 is 1.67 bits per heavy atom. The Morgan fingerprint density at radius 3 is 2.22 bits per heavy atom. The van der Waals surface area contributed by atoms with E-state index in [1.165, 1.54) is 0 Å². The van der Waals surface area contributed by atoms with Gasteiger partial charge in [0.1, 0.15) is 11.4 Å². The van der Waals surface area contributed by atoms with Gasteiger partial charge in [-0.3, -0.25) is 0 Å². The fourth-order valence-electron chi connectivity index (χ4n) is 2.00. The van der Waals surface area contributed by atoms with Crippen LogP contribution in [0.3, 0.4) is 0 Å². The van der Waals surface area contributed by atoms with Crippen molar-refractivity contribution in [1.29, 1.82) is 0 Å². The van der Waals surface area contributed by atoms with Crippen LogP contribution in [0.25, 0.3) is 6.08 Å². The summed E-state index contributed by atoms with van der Waals surface area (Å²) >= 11 is 0. The minimum atomic E-state index is -0.336. The lowest BCUT2D eigenvalue weighted by molar-refractivity contribution is 0.157. The van der Waals surface area contributed by atoms with E-state index in [-0.39, 0.29) is 5.60 Å². The summed E-state index contributed by atoms with van der Waals surface area (Å²) in [5.41, 5.74) is 0.534. The standard InChI is InChI=1S/C14H18O4/c1-14(2)7-6-9-10(18-14)8-11(15-3)13(17-5)12(9)16-4/h6-8H,1-5H3. The molecule has 1 aromatic carbocycles. The lowest BCUT2D eigenvalue weighted by Crippen LogP contribution is -2.27. The number of hydrogen-bond donors (Lipinski definition) is 0. The Bertz CT molecular complexity index is 489. The molecule has 1 aliphatic heterocycles. The highest BCUT2D eigenvalue weighted by atomic mass is 16.5. The van der Waals surface area contributed by atoms with Crippen LogP contribution >= 0.6 is 0 Å². The molecule has 0 unspecified atom stereocenters. The maximum Gasteiger partial charge on any atom is 0.204 e. The normalized spacial score (nSPS) is 15.6. The third-order valence-electron chi connectivity index (χ3n) is 2.85. The zero-order chi connectivity index (χ0) is 13.3. The van der Waals surface area contributed by atoms with Crippen molar-refractivity contribution in [2.75, 3.05) is 21.3 Å². The van der Waals surface area contributed by atoms with Gasteiger partial charge in [-0.15, -0.1) is 0 Å². The molecule has 98 valence electrons. The van der Waals surface area contributed by atoms with Crippen LogP contribution in [0.5, 0.6) is 23.0 Å². The largest absolute Gasteiger partial charge is 0.493 e. The van der Waals surface area contributed by atoms with Crippen LogP contribution in [0.2, 0.25) is 0 Å². The second-order valence-electron chi connectivity index (χ2n) is 4.60. The molecular weight excluding hydrogens is 232 g/mol. The summed E-state index contributed by atoms with van der Waals surface area (Å²) < 4.78 is 22.0. The van der Waals surface area contributed by atoms with Gasteiger partial charge in [-0.25, -0.2) is 0 Å². The first-order valence-electron chi connectivity index (χ1n) is 5.73. The summed E-state index contributed by atoms with van der Waals surface area (Å²) in [6, 6.07) is 1.82. The molecule has 1 aromatic rings. The van der Waals surface area contributed by atoms with Gasteiger partial charge in [-0.1, -0.05) is 0 Å². The van der Waals surface area contributed by atoms with E-state index in [2.05, 4.69) is 0 Å². The van der Waals surface area contributed by atoms with Gasteiger partial charge in [-0.2, -0.15) is 0 Å². The highest BCUT2D eigenvalue weighted by Crippen LogP contribution is 2.48. The summed E-state index contributed by atoms with van der Waals surface area (Å²) in [6.45, 7) is 3.99. The molecular formula is C14H18O4. The molecule has 0 saturated heterocycles. The van der Waals surface area contributed by atoms with Crippen LogP contribution in [-0.4, -0.2) is 26.9 Å². The Morgan fingerprint density at radius 1 is 1.00 bits per heavy atom. The summed E-state index contributed by atoms with van der Waals surface area (Å²) in [5, 5.41) is 0. The van der Waals surface area contributed by atoms with E-state index in [4.69, 9.17) is 18.9 Å². The molecule has 0 radical (unpaired) electrons. The first-order chi connectivity index (χ1) is 8.52. The molecule has 0 N–H and O–H groups in total. The van der Waals surface area contributed by atoms with Crippen molar-refractivity contribution >= 4 is 6.08 Å². The van der Waals surface area contributed by atoms with Gasteiger partial charge in [0.15, 0.2) is 11.5 Å². The highest BCUT2D eigenvalue weighted by molar-refractivity contribution is 5.74. The quantitative estimate of drug-likeness (QED) is 0.826. The molecule has 0 bridgehead atoms. The average molecular weight is 250 g/mol. The maximum atomic E-state index is 5.90. The van der Waals surface area contributed by atoms with Crippen molar-refractivity contribution in [2.24, 2.45) is 0 Å². The van der Waals surface area contributed by atoms with E-state index < -0.39 is 0 Å². The summed E-state index contributed by atoms with van der Waals surface area (Å²) in [7, 11) is 4.78. The molecule has 0 saturated carbocycles. The number of benzene rings is 1. The molecule has 0 aliphatic carbocycles. The lowest BCUT2D eigenvalue weighted by atomic mass is 10.0. The molecule has 4 nitrogen and oxygen atoms in total. The van der Waals surface area contributed by atoms with E-state index in [1.807, 2.05) is 32.1 Å². The molecule has 1 heterocycles. The van der Waals surface area contributed by atoms with Crippen LogP contribution < -0.4 is 18.9 Å². The Labute approximate surface area is 107 Å². The van der Waals surface area contributed by atoms with E-state index >= 15 is 0 Å². The minimum absolute atomic E-state index is 0.336. The smallest absolute Gasteiger partial charge is 0.204 e. The second-order valence-corrected chi connectivity index (χ2v) is 4.60. The summed E-state index contributed by atoms with van der Waals surface area (Å²) in [4.78, 5) is 0. The van der Waals surface area contributed by atoms with Crippen molar-refractivity contribution in [3.05, 3.63) is 17.7 Å². The molecule has 2 rings (SSSR count). The highest BCUT2D eigenvalue weighted by Gasteiger charge is 2.27. The Kier molecular flexibility index (Phi) is 3.11. The summed E-state index contributed by atoms with van der Waals surface area (Å²) in [6.07, 6.45) is 3.98. The molecule has 0 atom stereocenters. The average Bonchev–Trinajstić information content (AvgIpc) is 2.34. The molecule has 0 fully saturated rings. The van der Waals surface area contributed by atoms with Gasteiger partial charge in [0.2, 0.25) is 5.75 Å². The van der Waals surface area contributed by atoms with Gasteiger partial charge in [0.25, 0.3) is 0 Å². The molecule has 4 heteroatoms. The number of hydrogen-bond acceptors (Lipinski definition) is 4. The third-order valence-corrected chi connectivity index (χ3v) is 2.85. The van der Waals surface area contributed by atoms with Gasteiger partial charge in [0.05, 0.1) is 26.9 Å². The number of fused-ring (bicyclic) bond motifs is 1. The van der Waals surface area contributed by atoms with Gasteiger partial charge < -0.3 is 18.9 Å². The monoisotopic (exact) mass is 250 g/mol. The summed E-state index contributed by atoms with van der Waals surface area (Å²) in [5.74, 6) is 2.53. The van der Waals surface area contributed by atoms with Crippen molar-refractivity contribution in [3.8, 4) is 23.0 Å². The molecule has 1 aliphatic rings. The molecule has 0 amide bonds. The van der Waals surface area contributed by atoms with Crippen LogP contribution in [-0.2, 0) is 0 Å². The Hall–Kier alpha value is -1.84. The maximum absolute atomic E-state index is 5.90. The SMILES string of the molecule is COc1cc2c(c(OC)c1OC)C=CC(C)(C)O2. The lowest BCUT2D eigenvalue weighted by Gasteiger charge is -2.29. The van der Waals surface area contributed by atoms with E-state index in [0.29, 0.717) is 17.2 Å². The van der Waals surface area contributed by atoms with E-state index in [1.54, 1.807) is 21.3 Å². The van der Waals surface area contributed by atoms with Crippen molar-refractivity contribution < 1.29 is 18.9 Å². The molecule has 0 aromatic heterocycles. The fourth-order valence-corrected chi connectivity index (χ4v) is 2.00. The second kappa shape index (κ2) is 4.44. The number of ether oxygens (including phenoxy) is 4. The van der Waals surface area contributed by atoms with E-state index in [9.17, 15) is 0 Å². The zero-order valence-electron chi connectivity index (χ0n) is 11.4. The van der Waals surface area contributed by atoms with Crippen LogP contribution in [0, 0.1) is 0 Å². The van der Waals surface area contributed by atoms with Gasteiger partial charge >= 0.3 is 0 Å².